The van der Waals surface area contributed by atoms with Gasteiger partial charge in [-0.05, 0) is 32.6 Å². The molecule has 2 aromatic heterocycles. The minimum atomic E-state index is -0.539. The number of hydrogen-bond acceptors (Lipinski definition) is 7. The average molecular weight is 393 g/mol. The van der Waals surface area contributed by atoms with E-state index in [9.17, 15) is 4.79 Å². The zero-order valence-electron chi connectivity index (χ0n) is 17.6. The molecule has 0 bridgehead atoms. The third-order valence-electron chi connectivity index (χ3n) is 4.59. The lowest BCUT2D eigenvalue weighted by Crippen LogP contribution is -2.42. The summed E-state index contributed by atoms with van der Waals surface area (Å²) in [5.41, 5.74) is 5.58. The van der Waals surface area contributed by atoms with Crippen molar-refractivity contribution in [3.8, 4) is 0 Å². The number of nitrogens with two attached hydrogens (primary N) is 1. The highest BCUT2D eigenvalue weighted by Crippen LogP contribution is 2.40. The molecule has 3 heterocycles. The zero-order chi connectivity index (χ0) is 20.9. The first-order valence-electron chi connectivity index (χ1n) is 9.48. The van der Waals surface area contributed by atoms with Gasteiger partial charge in [0, 0.05) is 7.11 Å². The monoisotopic (exact) mass is 393 g/mol. The van der Waals surface area contributed by atoms with Crippen LogP contribution in [0, 0.1) is 5.41 Å². The molecule has 0 spiro atoms. The Morgan fingerprint density at radius 3 is 2.50 bits per heavy atom. The van der Waals surface area contributed by atoms with Crippen LogP contribution in [0.25, 0.3) is 11.2 Å². The second-order valence-corrected chi connectivity index (χ2v) is 9.50. The van der Waals surface area contributed by atoms with E-state index in [0.29, 0.717) is 5.65 Å². The molecule has 0 radical (unpaired) electrons. The van der Waals surface area contributed by atoms with Crippen LogP contribution in [0.4, 0.5) is 5.95 Å². The van der Waals surface area contributed by atoms with E-state index in [1.165, 1.54) is 6.33 Å². The molecule has 1 aliphatic rings. The van der Waals surface area contributed by atoms with Crippen LogP contribution in [-0.4, -0.2) is 50.5 Å². The number of hydrogen-bond donors (Lipinski definition) is 2. The number of anilines is 1. The van der Waals surface area contributed by atoms with Crippen LogP contribution in [0.15, 0.2) is 11.1 Å². The minimum Gasteiger partial charge on any atom is -0.374 e. The van der Waals surface area contributed by atoms with Gasteiger partial charge in [0.25, 0.3) is 5.56 Å². The van der Waals surface area contributed by atoms with Crippen LogP contribution < -0.4 is 11.3 Å². The maximum atomic E-state index is 12.1. The van der Waals surface area contributed by atoms with Gasteiger partial charge in [-0.2, -0.15) is 4.98 Å². The lowest BCUT2D eigenvalue weighted by atomic mass is 9.87. The van der Waals surface area contributed by atoms with Gasteiger partial charge in [0.2, 0.25) is 5.95 Å². The molecule has 2 unspecified atom stereocenters. The highest BCUT2D eigenvalue weighted by molar-refractivity contribution is 5.70. The number of fused-ring (bicyclic) bond motifs is 1. The highest BCUT2D eigenvalue weighted by atomic mass is 16.6. The fourth-order valence-electron chi connectivity index (χ4n) is 3.63. The van der Waals surface area contributed by atoms with Crippen molar-refractivity contribution in [2.24, 2.45) is 5.41 Å². The van der Waals surface area contributed by atoms with Gasteiger partial charge in [-0.25, -0.2) is 4.98 Å². The summed E-state index contributed by atoms with van der Waals surface area (Å²) >= 11 is 0. The summed E-state index contributed by atoms with van der Waals surface area (Å²) in [5.74, 6) is 0.0277. The van der Waals surface area contributed by atoms with E-state index in [1.807, 2.05) is 20.8 Å². The summed E-state index contributed by atoms with van der Waals surface area (Å²) in [6.45, 7) is 12.5. The zero-order valence-corrected chi connectivity index (χ0v) is 17.6. The first-order valence-corrected chi connectivity index (χ1v) is 9.48. The van der Waals surface area contributed by atoms with E-state index in [4.69, 9.17) is 19.9 Å². The molecular weight excluding hydrogens is 362 g/mol. The predicted molar refractivity (Wildman–Crippen MR) is 106 cm³/mol. The van der Waals surface area contributed by atoms with Crippen LogP contribution in [-0.2, 0) is 14.2 Å². The molecule has 156 valence electrons. The Morgan fingerprint density at radius 1 is 1.25 bits per heavy atom. The Morgan fingerprint density at radius 2 is 1.93 bits per heavy atom. The molecule has 1 saturated heterocycles. The van der Waals surface area contributed by atoms with Crippen molar-refractivity contribution in [1.29, 1.82) is 0 Å². The number of nitrogens with one attached hydrogen (secondary N) is 1. The molecule has 1 aliphatic heterocycles. The van der Waals surface area contributed by atoms with Crippen molar-refractivity contribution in [3.63, 3.8) is 0 Å². The quantitative estimate of drug-likeness (QED) is 0.818. The number of ether oxygens (including phenoxy) is 3. The van der Waals surface area contributed by atoms with Crippen LogP contribution >= 0.6 is 0 Å². The second kappa shape index (κ2) is 7.13. The number of nitrogen functional groups attached to an aromatic ring is 1. The summed E-state index contributed by atoms with van der Waals surface area (Å²) in [6, 6.07) is 0. The van der Waals surface area contributed by atoms with Gasteiger partial charge >= 0.3 is 0 Å². The van der Waals surface area contributed by atoms with Crippen molar-refractivity contribution in [2.45, 2.75) is 78.1 Å². The third kappa shape index (κ3) is 4.21. The van der Waals surface area contributed by atoms with Gasteiger partial charge < -0.3 is 19.9 Å². The fraction of sp³-hybridized carbons (Fsp3) is 0.737. The van der Waals surface area contributed by atoms with Gasteiger partial charge in [0.1, 0.15) is 12.2 Å². The largest absolute Gasteiger partial charge is 0.374 e. The highest BCUT2D eigenvalue weighted by Gasteiger charge is 2.49. The summed E-state index contributed by atoms with van der Waals surface area (Å²) in [4.78, 5) is 23.0. The van der Waals surface area contributed by atoms with E-state index in [-0.39, 0.29) is 40.2 Å². The maximum Gasteiger partial charge on any atom is 0.280 e. The Balaban J connectivity index is 2.04. The van der Waals surface area contributed by atoms with Gasteiger partial charge in [-0.3, -0.25) is 14.3 Å². The lowest BCUT2D eigenvalue weighted by molar-refractivity contribution is -0.123. The SMILES string of the molecule is COC1C(OC(C)(C)C)[C@@H](CC(C)(C)C)O[C@H]1n1cnc2c(=O)[nH]c(N)nc21. The van der Waals surface area contributed by atoms with Crippen molar-refractivity contribution >= 4 is 17.1 Å². The van der Waals surface area contributed by atoms with Gasteiger partial charge in [-0.15, -0.1) is 0 Å². The normalized spacial score (nSPS) is 26.2. The molecule has 4 atom stereocenters. The second-order valence-electron chi connectivity index (χ2n) is 9.50. The minimum absolute atomic E-state index is 0.0277. The standard InChI is InChI=1S/C19H31N5O4/c1-18(2,3)8-10-12(28-19(4,5)6)13(26-7)16(27-10)24-9-21-11-14(24)22-17(20)23-15(11)25/h9-10,12-13,16H,8H2,1-7H3,(H3,20,22,23,25)/t10-,12?,13?,16-/m1/s1. The molecule has 2 aromatic rings. The first kappa shape index (κ1) is 20.8. The van der Waals surface area contributed by atoms with Crippen molar-refractivity contribution in [1.82, 2.24) is 19.5 Å². The Hall–Kier alpha value is -1.97. The van der Waals surface area contributed by atoms with Gasteiger partial charge in [0.15, 0.2) is 17.4 Å². The van der Waals surface area contributed by atoms with E-state index in [0.717, 1.165) is 6.42 Å². The molecule has 9 nitrogen and oxygen atoms in total. The van der Waals surface area contributed by atoms with E-state index < -0.39 is 12.3 Å². The molecule has 0 amide bonds. The molecule has 28 heavy (non-hydrogen) atoms. The van der Waals surface area contributed by atoms with Crippen molar-refractivity contribution in [2.75, 3.05) is 12.8 Å². The Labute approximate surface area is 164 Å². The Kier molecular flexibility index (Phi) is 5.28. The summed E-state index contributed by atoms with van der Waals surface area (Å²) in [5, 5.41) is 0. The third-order valence-corrected chi connectivity index (χ3v) is 4.59. The Bertz CT molecular complexity index is 892. The molecular formula is C19H31N5O4. The number of aromatic nitrogens is 4. The van der Waals surface area contributed by atoms with Gasteiger partial charge in [0.05, 0.1) is 18.0 Å². The van der Waals surface area contributed by atoms with Gasteiger partial charge in [-0.1, -0.05) is 20.8 Å². The summed E-state index contributed by atoms with van der Waals surface area (Å²) in [6.07, 6.45) is 0.912. The molecule has 9 heteroatoms. The number of aromatic amines is 1. The molecule has 3 N–H and O–H groups in total. The number of imidazole rings is 1. The predicted octanol–water partition coefficient (Wildman–Crippen LogP) is 2.23. The number of methoxy groups -OCH3 is 1. The molecule has 0 aliphatic carbocycles. The fourth-order valence-corrected chi connectivity index (χ4v) is 3.63. The van der Waals surface area contributed by atoms with E-state index in [2.05, 4.69) is 35.7 Å². The maximum absolute atomic E-state index is 12.1. The van der Waals surface area contributed by atoms with Crippen LogP contribution in [0.5, 0.6) is 0 Å². The first-order chi connectivity index (χ1) is 12.9. The number of rotatable bonds is 4. The van der Waals surface area contributed by atoms with Crippen LogP contribution in [0.3, 0.4) is 0 Å². The summed E-state index contributed by atoms with van der Waals surface area (Å²) < 4.78 is 20.3. The topological polar surface area (TPSA) is 117 Å². The van der Waals surface area contributed by atoms with Crippen LogP contribution in [0.1, 0.15) is 54.2 Å². The van der Waals surface area contributed by atoms with E-state index >= 15 is 0 Å². The van der Waals surface area contributed by atoms with Crippen LogP contribution in [0.2, 0.25) is 0 Å². The number of H-pyrrole nitrogens is 1. The van der Waals surface area contributed by atoms with E-state index in [1.54, 1.807) is 11.7 Å². The molecule has 0 aromatic carbocycles. The number of nitrogens with zero attached hydrogens (tertiary/aromatic N) is 3. The van der Waals surface area contributed by atoms with Crippen molar-refractivity contribution < 1.29 is 14.2 Å². The molecule has 0 saturated carbocycles. The molecule has 1 fully saturated rings. The summed E-state index contributed by atoms with van der Waals surface area (Å²) in [7, 11) is 1.63. The average Bonchev–Trinajstić information content (AvgIpc) is 3.06. The van der Waals surface area contributed by atoms with Crippen molar-refractivity contribution in [3.05, 3.63) is 16.7 Å². The molecule has 3 rings (SSSR count). The smallest absolute Gasteiger partial charge is 0.280 e. The lowest BCUT2D eigenvalue weighted by Gasteiger charge is -2.32.